The molecule has 3 aromatic rings. The van der Waals surface area contributed by atoms with Gasteiger partial charge in [0.1, 0.15) is 29.4 Å². The Labute approximate surface area is 189 Å². The Hall–Kier alpha value is -2.89. The second-order valence-electron chi connectivity index (χ2n) is 8.81. The van der Waals surface area contributed by atoms with Crippen molar-refractivity contribution in [2.75, 3.05) is 12.4 Å². The minimum absolute atomic E-state index is 0.260. The number of benzene rings is 3. The van der Waals surface area contributed by atoms with E-state index in [-0.39, 0.29) is 18.0 Å². The number of rotatable bonds is 7. The zero-order valence-electron chi connectivity index (χ0n) is 19.0. The van der Waals surface area contributed by atoms with Gasteiger partial charge in [-0.1, -0.05) is 42.0 Å². The van der Waals surface area contributed by atoms with Gasteiger partial charge >= 0.3 is 0 Å². The molecule has 4 rings (SSSR count). The lowest BCUT2D eigenvalue weighted by atomic mass is 9.88. The van der Waals surface area contributed by atoms with E-state index < -0.39 is 5.60 Å². The van der Waals surface area contributed by atoms with Gasteiger partial charge in [0, 0.05) is 24.9 Å². The molecule has 2 atom stereocenters. The maximum Gasteiger partial charge on any atom is 0.132 e. The van der Waals surface area contributed by atoms with E-state index >= 15 is 0 Å². The van der Waals surface area contributed by atoms with Crippen LogP contribution in [0.2, 0.25) is 0 Å². The summed E-state index contributed by atoms with van der Waals surface area (Å²) in [5.41, 5.74) is 4.71. The summed E-state index contributed by atoms with van der Waals surface area (Å²) in [7, 11) is 1.69. The average Bonchev–Trinajstić information content (AvgIpc) is 2.78. The normalized spacial score (nSPS) is 19.2. The number of halogens is 1. The van der Waals surface area contributed by atoms with Crippen molar-refractivity contribution in [1.29, 1.82) is 0 Å². The Morgan fingerprint density at radius 1 is 0.969 bits per heavy atom. The van der Waals surface area contributed by atoms with Crippen molar-refractivity contribution >= 4 is 5.69 Å². The molecule has 1 N–H and O–H groups in total. The van der Waals surface area contributed by atoms with Gasteiger partial charge in [0.2, 0.25) is 0 Å². The van der Waals surface area contributed by atoms with Gasteiger partial charge in [-0.05, 0) is 62.2 Å². The van der Waals surface area contributed by atoms with Gasteiger partial charge in [-0.15, -0.1) is 0 Å². The zero-order chi connectivity index (χ0) is 22.7. The highest BCUT2D eigenvalue weighted by molar-refractivity contribution is 5.54. The second-order valence-corrected chi connectivity index (χ2v) is 8.81. The summed E-state index contributed by atoms with van der Waals surface area (Å²) in [5, 5.41) is 3.49. The summed E-state index contributed by atoms with van der Waals surface area (Å²) in [5.74, 6) is 0.536. The molecule has 0 saturated carbocycles. The van der Waals surface area contributed by atoms with Crippen LogP contribution in [-0.4, -0.2) is 18.8 Å². The molecule has 3 aromatic carbocycles. The molecule has 0 spiro atoms. The van der Waals surface area contributed by atoms with Crippen LogP contribution in [0, 0.1) is 12.7 Å². The molecule has 0 aliphatic carbocycles. The summed E-state index contributed by atoms with van der Waals surface area (Å²) < 4.78 is 31.7. The van der Waals surface area contributed by atoms with Crippen molar-refractivity contribution < 1.29 is 18.6 Å². The molecule has 32 heavy (non-hydrogen) atoms. The van der Waals surface area contributed by atoms with Crippen LogP contribution < -0.4 is 10.1 Å². The smallest absolute Gasteiger partial charge is 0.132 e. The maximum atomic E-state index is 13.2. The standard InChI is InChI=1S/C27H30FNO3/c1-18-5-7-19(8-6-18)16-29-22-13-14-24-23(15-22)25(30-4)26(27(2,3)32-24)31-17-20-9-11-21(28)12-10-20/h5-15,25-26,29H,16-17H2,1-4H3. The van der Waals surface area contributed by atoms with E-state index in [9.17, 15) is 4.39 Å². The number of methoxy groups -OCH3 is 1. The Kier molecular flexibility index (Phi) is 6.49. The van der Waals surface area contributed by atoms with E-state index in [2.05, 4.69) is 42.6 Å². The van der Waals surface area contributed by atoms with E-state index in [0.29, 0.717) is 6.61 Å². The molecule has 5 heteroatoms. The van der Waals surface area contributed by atoms with E-state index in [1.807, 2.05) is 26.0 Å². The highest BCUT2D eigenvalue weighted by Gasteiger charge is 2.45. The highest BCUT2D eigenvalue weighted by Crippen LogP contribution is 2.44. The topological polar surface area (TPSA) is 39.7 Å². The Morgan fingerprint density at radius 2 is 1.66 bits per heavy atom. The molecule has 2 unspecified atom stereocenters. The first kappa shape index (κ1) is 22.3. The fraction of sp³-hybridized carbons (Fsp3) is 0.333. The minimum atomic E-state index is -0.593. The third-order valence-corrected chi connectivity index (χ3v) is 5.86. The lowest BCUT2D eigenvalue weighted by Crippen LogP contribution is -2.50. The number of fused-ring (bicyclic) bond motifs is 1. The summed E-state index contributed by atoms with van der Waals surface area (Å²) in [6.45, 7) is 7.16. The fourth-order valence-corrected chi connectivity index (χ4v) is 4.06. The quantitative estimate of drug-likeness (QED) is 0.480. The first-order valence-corrected chi connectivity index (χ1v) is 10.9. The number of ether oxygens (including phenoxy) is 3. The summed E-state index contributed by atoms with van der Waals surface area (Å²) in [6, 6.07) is 20.9. The molecular formula is C27H30FNO3. The third-order valence-electron chi connectivity index (χ3n) is 5.86. The van der Waals surface area contributed by atoms with Crippen molar-refractivity contribution in [1.82, 2.24) is 0 Å². The van der Waals surface area contributed by atoms with Crippen LogP contribution in [0.25, 0.3) is 0 Å². The number of hydrogen-bond acceptors (Lipinski definition) is 4. The van der Waals surface area contributed by atoms with Crippen LogP contribution >= 0.6 is 0 Å². The van der Waals surface area contributed by atoms with Crippen LogP contribution in [0.5, 0.6) is 5.75 Å². The van der Waals surface area contributed by atoms with Gasteiger partial charge in [-0.3, -0.25) is 0 Å². The average molecular weight is 436 g/mol. The number of aryl methyl sites for hydroxylation is 1. The number of hydrogen-bond donors (Lipinski definition) is 1. The van der Waals surface area contributed by atoms with Gasteiger partial charge in [-0.2, -0.15) is 0 Å². The lowest BCUT2D eigenvalue weighted by Gasteiger charge is -2.44. The maximum absolute atomic E-state index is 13.2. The van der Waals surface area contributed by atoms with Crippen molar-refractivity contribution in [2.24, 2.45) is 0 Å². The molecule has 1 aliphatic rings. The molecule has 0 bridgehead atoms. The van der Waals surface area contributed by atoms with Crippen LogP contribution in [-0.2, 0) is 22.6 Å². The van der Waals surface area contributed by atoms with Crippen LogP contribution in [0.15, 0.2) is 66.7 Å². The molecule has 0 aromatic heterocycles. The van der Waals surface area contributed by atoms with E-state index in [4.69, 9.17) is 14.2 Å². The zero-order valence-corrected chi connectivity index (χ0v) is 19.0. The third kappa shape index (κ3) is 4.95. The molecule has 1 heterocycles. The summed E-state index contributed by atoms with van der Waals surface area (Å²) in [4.78, 5) is 0. The van der Waals surface area contributed by atoms with Crippen LogP contribution in [0.4, 0.5) is 10.1 Å². The molecule has 0 fully saturated rings. The first-order valence-electron chi connectivity index (χ1n) is 10.9. The van der Waals surface area contributed by atoms with Crippen molar-refractivity contribution in [2.45, 2.75) is 51.7 Å². The second kappa shape index (κ2) is 9.31. The van der Waals surface area contributed by atoms with Crippen LogP contribution in [0.3, 0.4) is 0 Å². The van der Waals surface area contributed by atoms with Crippen molar-refractivity contribution in [3.8, 4) is 5.75 Å². The lowest BCUT2D eigenvalue weighted by molar-refractivity contribution is -0.159. The number of anilines is 1. The van der Waals surface area contributed by atoms with Gasteiger partial charge < -0.3 is 19.5 Å². The highest BCUT2D eigenvalue weighted by atomic mass is 19.1. The molecule has 0 saturated heterocycles. The summed E-state index contributed by atoms with van der Waals surface area (Å²) >= 11 is 0. The predicted octanol–water partition coefficient (Wildman–Crippen LogP) is 6.19. The van der Waals surface area contributed by atoms with Gasteiger partial charge in [0.05, 0.1) is 6.61 Å². The van der Waals surface area contributed by atoms with Gasteiger partial charge in [-0.25, -0.2) is 4.39 Å². The van der Waals surface area contributed by atoms with Crippen LogP contribution in [0.1, 0.15) is 42.2 Å². The van der Waals surface area contributed by atoms with E-state index in [0.717, 1.165) is 29.1 Å². The molecule has 0 amide bonds. The van der Waals surface area contributed by atoms with Crippen molar-refractivity contribution in [3.63, 3.8) is 0 Å². The Morgan fingerprint density at radius 3 is 2.34 bits per heavy atom. The molecular weight excluding hydrogens is 405 g/mol. The first-order chi connectivity index (χ1) is 15.4. The Bertz CT molecular complexity index is 1050. The van der Waals surface area contributed by atoms with E-state index in [1.54, 1.807) is 19.2 Å². The fourth-order valence-electron chi connectivity index (χ4n) is 4.06. The van der Waals surface area contributed by atoms with Gasteiger partial charge in [0.15, 0.2) is 0 Å². The van der Waals surface area contributed by atoms with E-state index in [1.165, 1.54) is 23.3 Å². The molecule has 168 valence electrons. The molecule has 1 aliphatic heterocycles. The monoisotopic (exact) mass is 435 g/mol. The van der Waals surface area contributed by atoms with Crippen molar-refractivity contribution in [3.05, 3.63) is 94.8 Å². The van der Waals surface area contributed by atoms with Gasteiger partial charge in [0.25, 0.3) is 0 Å². The SMILES string of the molecule is COC1c2cc(NCc3ccc(C)cc3)ccc2OC(C)(C)C1OCc1ccc(F)cc1. The Balaban J connectivity index is 1.52. The molecule has 4 nitrogen and oxygen atoms in total. The summed E-state index contributed by atoms with van der Waals surface area (Å²) in [6.07, 6.45) is -0.632. The minimum Gasteiger partial charge on any atom is -0.485 e. The predicted molar refractivity (Wildman–Crippen MR) is 124 cm³/mol. The number of nitrogens with one attached hydrogen (secondary N) is 1. The molecule has 0 radical (unpaired) electrons. The largest absolute Gasteiger partial charge is 0.485 e.